The SMILES string of the molecule is C=C1CNC(=O)[C@H]([C@@H](C)OC(=O)/C=C/C(=O)OC)N1. The van der Waals surface area contributed by atoms with Gasteiger partial charge in [0.1, 0.15) is 12.1 Å². The average molecular weight is 268 g/mol. The van der Waals surface area contributed by atoms with E-state index in [1.807, 2.05) is 0 Å². The Kier molecular flexibility index (Phi) is 5.11. The van der Waals surface area contributed by atoms with E-state index in [4.69, 9.17) is 4.74 Å². The van der Waals surface area contributed by atoms with Crippen LogP contribution in [0.4, 0.5) is 0 Å². The van der Waals surface area contributed by atoms with E-state index in [1.54, 1.807) is 6.92 Å². The molecule has 19 heavy (non-hydrogen) atoms. The number of carbonyl (C=O) groups excluding carboxylic acids is 3. The molecule has 2 N–H and O–H groups in total. The largest absolute Gasteiger partial charge is 0.466 e. The molecule has 1 aliphatic heterocycles. The molecule has 0 radical (unpaired) electrons. The van der Waals surface area contributed by atoms with E-state index < -0.39 is 24.1 Å². The normalized spacial score (nSPS) is 20.4. The van der Waals surface area contributed by atoms with Crippen molar-refractivity contribution in [3.05, 3.63) is 24.4 Å². The Morgan fingerprint density at radius 2 is 2.05 bits per heavy atom. The summed E-state index contributed by atoms with van der Waals surface area (Å²) >= 11 is 0. The zero-order chi connectivity index (χ0) is 14.4. The van der Waals surface area contributed by atoms with Crippen molar-refractivity contribution < 1.29 is 23.9 Å². The zero-order valence-electron chi connectivity index (χ0n) is 10.8. The second kappa shape index (κ2) is 6.58. The molecule has 0 spiro atoms. The van der Waals surface area contributed by atoms with Crippen LogP contribution in [0, 0.1) is 0 Å². The van der Waals surface area contributed by atoms with E-state index in [0.717, 1.165) is 12.2 Å². The average Bonchev–Trinajstić information content (AvgIpc) is 2.38. The number of methoxy groups -OCH3 is 1. The third-order valence-corrected chi connectivity index (χ3v) is 2.45. The summed E-state index contributed by atoms with van der Waals surface area (Å²) in [5, 5.41) is 5.46. The van der Waals surface area contributed by atoms with Crippen molar-refractivity contribution in [1.82, 2.24) is 10.6 Å². The van der Waals surface area contributed by atoms with Gasteiger partial charge in [0.15, 0.2) is 0 Å². The molecule has 0 bridgehead atoms. The number of hydrogen-bond acceptors (Lipinski definition) is 6. The van der Waals surface area contributed by atoms with Crippen LogP contribution in [0.5, 0.6) is 0 Å². The van der Waals surface area contributed by atoms with Crippen LogP contribution in [0.1, 0.15) is 6.92 Å². The number of ether oxygens (including phenoxy) is 2. The molecule has 0 aromatic rings. The number of amides is 1. The van der Waals surface area contributed by atoms with Gasteiger partial charge in [0, 0.05) is 17.8 Å². The van der Waals surface area contributed by atoms with E-state index >= 15 is 0 Å². The first-order valence-electron chi connectivity index (χ1n) is 5.62. The third-order valence-electron chi connectivity index (χ3n) is 2.45. The van der Waals surface area contributed by atoms with Crippen molar-refractivity contribution in [3.63, 3.8) is 0 Å². The quantitative estimate of drug-likeness (QED) is 0.514. The lowest BCUT2D eigenvalue weighted by Crippen LogP contribution is -2.56. The maximum absolute atomic E-state index is 11.6. The number of hydrogen-bond donors (Lipinski definition) is 2. The van der Waals surface area contributed by atoms with E-state index in [9.17, 15) is 14.4 Å². The summed E-state index contributed by atoms with van der Waals surface area (Å²) in [7, 11) is 1.20. The lowest BCUT2D eigenvalue weighted by atomic mass is 10.1. The van der Waals surface area contributed by atoms with Gasteiger partial charge in [0.05, 0.1) is 13.7 Å². The highest BCUT2D eigenvalue weighted by molar-refractivity contribution is 5.92. The first kappa shape index (κ1) is 14.7. The summed E-state index contributed by atoms with van der Waals surface area (Å²) in [5.74, 6) is -1.67. The summed E-state index contributed by atoms with van der Waals surface area (Å²) in [6.45, 7) is 5.60. The van der Waals surface area contributed by atoms with Crippen molar-refractivity contribution in [2.45, 2.75) is 19.1 Å². The van der Waals surface area contributed by atoms with Gasteiger partial charge in [-0.25, -0.2) is 9.59 Å². The van der Waals surface area contributed by atoms with Crippen LogP contribution in [0.3, 0.4) is 0 Å². The topological polar surface area (TPSA) is 93.7 Å². The van der Waals surface area contributed by atoms with Gasteiger partial charge >= 0.3 is 11.9 Å². The molecule has 1 aliphatic rings. The monoisotopic (exact) mass is 268 g/mol. The highest BCUT2D eigenvalue weighted by Gasteiger charge is 2.30. The molecule has 1 amide bonds. The zero-order valence-corrected chi connectivity index (χ0v) is 10.8. The Hall–Kier alpha value is -2.31. The fourth-order valence-electron chi connectivity index (χ4n) is 1.47. The molecule has 1 saturated heterocycles. The molecule has 1 rings (SSSR count). The van der Waals surface area contributed by atoms with E-state index in [-0.39, 0.29) is 5.91 Å². The number of nitrogens with one attached hydrogen (secondary N) is 2. The van der Waals surface area contributed by atoms with Crippen molar-refractivity contribution in [1.29, 1.82) is 0 Å². The van der Waals surface area contributed by atoms with Crippen molar-refractivity contribution in [3.8, 4) is 0 Å². The maximum atomic E-state index is 11.6. The van der Waals surface area contributed by atoms with Gasteiger partial charge in [-0.15, -0.1) is 0 Å². The third kappa shape index (κ3) is 4.46. The van der Waals surface area contributed by atoms with Gasteiger partial charge in [-0.2, -0.15) is 0 Å². The molecule has 0 aromatic carbocycles. The van der Waals surface area contributed by atoms with Gasteiger partial charge in [-0.05, 0) is 6.92 Å². The van der Waals surface area contributed by atoms with Gasteiger partial charge in [0.2, 0.25) is 5.91 Å². The Labute approximate surface area is 110 Å². The molecule has 7 nitrogen and oxygen atoms in total. The minimum Gasteiger partial charge on any atom is -0.466 e. The smallest absolute Gasteiger partial charge is 0.331 e. The molecule has 1 heterocycles. The van der Waals surface area contributed by atoms with Crippen LogP contribution in [0.15, 0.2) is 24.4 Å². The van der Waals surface area contributed by atoms with Crippen molar-refractivity contribution in [2.24, 2.45) is 0 Å². The van der Waals surface area contributed by atoms with Gasteiger partial charge in [-0.3, -0.25) is 4.79 Å². The van der Waals surface area contributed by atoms with Crippen LogP contribution in [0.25, 0.3) is 0 Å². The van der Waals surface area contributed by atoms with Crippen LogP contribution in [-0.4, -0.2) is 43.6 Å². The number of esters is 2. The van der Waals surface area contributed by atoms with E-state index in [0.29, 0.717) is 12.2 Å². The molecule has 1 fully saturated rings. The van der Waals surface area contributed by atoms with Gasteiger partial charge < -0.3 is 20.1 Å². The Balaban J connectivity index is 2.53. The molecular weight excluding hydrogens is 252 g/mol. The number of carbonyl (C=O) groups is 3. The van der Waals surface area contributed by atoms with Crippen molar-refractivity contribution in [2.75, 3.05) is 13.7 Å². The summed E-state index contributed by atoms with van der Waals surface area (Å²) in [6, 6.07) is -0.697. The highest BCUT2D eigenvalue weighted by Crippen LogP contribution is 2.06. The predicted octanol–water partition coefficient (Wildman–Crippen LogP) is -0.751. The molecule has 0 aromatic heterocycles. The van der Waals surface area contributed by atoms with Crippen LogP contribution in [-0.2, 0) is 23.9 Å². The summed E-state index contributed by atoms with van der Waals surface area (Å²) in [6.07, 6.45) is 1.19. The highest BCUT2D eigenvalue weighted by atomic mass is 16.5. The standard InChI is InChI=1S/C12H16N2O5/c1-7-6-13-12(17)11(14-7)8(2)19-10(16)5-4-9(15)18-3/h4-5,8,11,14H,1,6H2,2-3H3,(H,13,17)/b5-4+/t8-,11+/m1/s1. The second-order valence-electron chi connectivity index (χ2n) is 3.94. The van der Waals surface area contributed by atoms with E-state index in [2.05, 4.69) is 21.9 Å². The lowest BCUT2D eigenvalue weighted by Gasteiger charge is -2.29. The minimum atomic E-state index is -0.733. The Morgan fingerprint density at radius 3 is 2.68 bits per heavy atom. The van der Waals surface area contributed by atoms with Crippen LogP contribution >= 0.6 is 0 Å². The summed E-state index contributed by atoms with van der Waals surface area (Å²) < 4.78 is 9.34. The Morgan fingerprint density at radius 1 is 1.42 bits per heavy atom. The molecule has 2 atom stereocenters. The van der Waals surface area contributed by atoms with Crippen LogP contribution < -0.4 is 10.6 Å². The molecule has 0 unspecified atom stereocenters. The Bertz CT molecular complexity index is 430. The molecule has 0 aliphatic carbocycles. The second-order valence-corrected chi connectivity index (χ2v) is 3.94. The summed E-state index contributed by atoms with van der Waals surface area (Å²) in [5.41, 5.74) is 0.637. The molecular formula is C12H16N2O5. The minimum absolute atomic E-state index is 0.273. The number of piperazine rings is 1. The fourth-order valence-corrected chi connectivity index (χ4v) is 1.47. The first-order chi connectivity index (χ1) is 8.93. The first-order valence-corrected chi connectivity index (χ1v) is 5.62. The predicted molar refractivity (Wildman–Crippen MR) is 65.8 cm³/mol. The van der Waals surface area contributed by atoms with E-state index in [1.165, 1.54) is 7.11 Å². The van der Waals surface area contributed by atoms with Gasteiger partial charge in [0.25, 0.3) is 0 Å². The maximum Gasteiger partial charge on any atom is 0.331 e. The number of rotatable bonds is 4. The molecule has 0 saturated carbocycles. The molecule has 104 valence electrons. The summed E-state index contributed by atoms with van der Waals surface area (Å²) in [4.78, 5) is 33.8. The van der Waals surface area contributed by atoms with Gasteiger partial charge in [-0.1, -0.05) is 6.58 Å². The van der Waals surface area contributed by atoms with Crippen LogP contribution in [0.2, 0.25) is 0 Å². The lowest BCUT2D eigenvalue weighted by molar-refractivity contribution is -0.146. The fraction of sp³-hybridized carbons (Fsp3) is 0.417. The molecule has 7 heteroatoms. The van der Waals surface area contributed by atoms with Crippen molar-refractivity contribution >= 4 is 17.8 Å².